The van der Waals surface area contributed by atoms with Crippen molar-refractivity contribution in [2.45, 2.75) is 44.9 Å². The Labute approximate surface area is 291 Å². The van der Waals surface area contributed by atoms with E-state index in [9.17, 15) is 5.11 Å². The van der Waals surface area contributed by atoms with Crippen LogP contribution in [0.15, 0.2) is 140 Å². The third kappa shape index (κ3) is 6.19. The highest BCUT2D eigenvalue weighted by Crippen LogP contribution is 2.42. The van der Waals surface area contributed by atoms with Gasteiger partial charge >= 0.3 is 0 Å². The van der Waals surface area contributed by atoms with Crippen molar-refractivity contribution in [1.82, 2.24) is 29.8 Å². The Kier molecular flexibility index (Phi) is 9.46. The number of nitrogens with zero attached hydrogens (tertiary/aromatic N) is 6. The summed E-state index contributed by atoms with van der Waals surface area (Å²) in [6.07, 6.45) is 4.59. The first kappa shape index (κ1) is 32.2. The number of aliphatic hydroxyl groups is 1. The maximum absolute atomic E-state index is 10.0. The molecule has 5 aromatic carbocycles. The fourth-order valence-electron chi connectivity index (χ4n) is 6.81. The molecule has 0 saturated carbocycles. The number of tetrazole rings is 1. The molecule has 0 fully saturated rings. The Morgan fingerprint density at radius 2 is 1.35 bits per heavy atom. The lowest BCUT2D eigenvalue weighted by atomic mass is 9.76. The van der Waals surface area contributed by atoms with Gasteiger partial charge in [0, 0.05) is 13.0 Å². The monoisotopic (exact) mass is 664 g/mol. The molecule has 0 unspecified atom stereocenters. The van der Waals surface area contributed by atoms with Gasteiger partial charge in [0.15, 0.2) is 5.15 Å². The highest BCUT2D eigenvalue weighted by Gasteiger charge is 2.40. The number of benzene rings is 5. The van der Waals surface area contributed by atoms with Crippen LogP contribution in [0.2, 0.25) is 5.15 Å². The molecule has 2 aromatic heterocycles. The third-order valence-corrected chi connectivity index (χ3v) is 9.51. The van der Waals surface area contributed by atoms with Crippen LogP contribution in [0.1, 0.15) is 53.5 Å². The highest BCUT2D eigenvalue weighted by molar-refractivity contribution is 6.30. The molecule has 1 N–H and O–H groups in total. The van der Waals surface area contributed by atoms with E-state index in [0.717, 1.165) is 69.6 Å². The molecule has 0 atom stereocenters. The second-order valence-corrected chi connectivity index (χ2v) is 12.5. The van der Waals surface area contributed by atoms with E-state index in [-0.39, 0.29) is 6.61 Å². The number of rotatable bonds is 12. The molecule has 0 spiro atoms. The number of hydrogen-bond donors (Lipinski definition) is 1. The molecule has 49 heavy (non-hydrogen) atoms. The largest absolute Gasteiger partial charge is 0.390 e. The molecule has 7 rings (SSSR count). The van der Waals surface area contributed by atoms with Crippen molar-refractivity contribution in [2.24, 2.45) is 0 Å². The number of hydrogen-bond acceptors (Lipinski definition) is 5. The van der Waals surface area contributed by atoms with Gasteiger partial charge in [0.05, 0.1) is 12.3 Å². The van der Waals surface area contributed by atoms with Gasteiger partial charge in [-0.3, -0.25) is 0 Å². The second kappa shape index (κ2) is 14.4. The highest BCUT2D eigenvalue weighted by atomic mass is 35.5. The van der Waals surface area contributed by atoms with Gasteiger partial charge in [-0.25, -0.2) is 9.67 Å². The minimum Gasteiger partial charge on any atom is -0.390 e. The molecule has 7 aromatic rings. The average Bonchev–Trinajstić information content (AvgIpc) is 3.80. The Balaban J connectivity index is 1.29. The van der Waals surface area contributed by atoms with Crippen LogP contribution in [-0.4, -0.2) is 34.9 Å². The molecule has 2 heterocycles. The number of aryl methyl sites for hydroxylation is 1. The lowest BCUT2D eigenvalue weighted by molar-refractivity contribution is 0.271. The van der Waals surface area contributed by atoms with Crippen LogP contribution in [0.25, 0.3) is 22.3 Å². The summed E-state index contributed by atoms with van der Waals surface area (Å²) in [5, 5.41) is 23.0. The quantitative estimate of drug-likeness (QED) is 0.132. The predicted molar refractivity (Wildman–Crippen MR) is 194 cm³/mol. The van der Waals surface area contributed by atoms with E-state index in [0.29, 0.717) is 17.4 Å². The van der Waals surface area contributed by atoms with Crippen LogP contribution in [-0.2, 0) is 25.1 Å². The summed E-state index contributed by atoms with van der Waals surface area (Å²) in [5.74, 6) is 0.911. The van der Waals surface area contributed by atoms with Crippen LogP contribution in [0.3, 0.4) is 0 Å². The standard InChI is InChI=1S/C41H37ClN6O/c1-2-3-21-39-44-40(42)38(28-49)47(39)27-30-22-24-31(25-23-30)36-19-10-11-20-37(36)32-13-12-18-35(26-32)41(48-29-43-45-46-48,33-14-6-4-7-15-33)34-16-8-5-9-17-34/h4-20,22-26,29,49H,2-3,21,27-28H2,1H3. The van der Waals surface area contributed by atoms with Gasteiger partial charge < -0.3 is 9.67 Å². The van der Waals surface area contributed by atoms with Crippen molar-refractivity contribution >= 4 is 11.6 Å². The van der Waals surface area contributed by atoms with Crippen LogP contribution < -0.4 is 0 Å². The molecule has 7 nitrogen and oxygen atoms in total. The van der Waals surface area contributed by atoms with Crippen molar-refractivity contribution in [1.29, 1.82) is 0 Å². The molecule has 244 valence electrons. The number of aliphatic hydroxyl groups excluding tert-OH is 1. The summed E-state index contributed by atoms with van der Waals surface area (Å²) >= 11 is 6.41. The zero-order valence-electron chi connectivity index (χ0n) is 27.3. The number of imidazole rings is 1. The zero-order chi connectivity index (χ0) is 33.6. The number of unbranched alkanes of at least 4 members (excludes halogenated alkanes) is 1. The SMILES string of the molecule is CCCCc1nc(Cl)c(CO)n1Cc1ccc(-c2ccccc2-c2cccc(C(c3ccccc3)(c3ccccc3)n3cnnn3)c2)cc1. The molecule has 0 saturated heterocycles. The van der Waals surface area contributed by atoms with Gasteiger partial charge in [-0.2, -0.15) is 0 Å². The molecule has 0 bridgehead atoms. The zero-order valence-corrected chi connectivity index (χ0v) is 28.1. The molecular formula is C41H37ClN6O. The fourth-order valence-corrected chi connectivity index (χ4v) is 7.07. The summed E-state index contributed by atoms with van der Waals surface area (Å²) in [6, 6.07) is 46.6. The van der Waals surface area contributed by atoms with E-state index in [1.807, 2.05) is 16.8 Å². The minimum atomic E-state index is -0.807. The summed E-state index contributed by atoms with van der Waals surface area (Å²) in [7, 11) is 0. The van der Waals surface area contributed by atoms with Gasteiger partial charge in [0.2, 0.25) is 0 Å². The van der Waals surface area contributed by atoms with E-state index in [4.69, 9.17) is 11.6 Å². The summed E-state index contributed by atoms with van der Waals surface area (Å²) in [5.41, 5.74) is 8.55. The van der Waals surface area contributed by atoms with Gasteiger partial charge in [0.25, 0.3) is 0 Å². The number of halogens is 1. The normalized spacial score (nSPS) is 11.6. The second-order valence-electron chi connectivity index (χ2n) is 12.1. The van der Waals surface area contributed by atoms with Crippen molar-refractivity contribution in [3.63, 3.8) is 0 Å². The Bertz CT molecular complexity index is 2090. The average molecular weight is 665 g/mol. The maximum Gasteiger partial charge on any atom is 0.152 e. The van der Waals surface area contributed by atoms with E-state index in [1.165, 1.54) is 0 Å². The first-order chi connectivity index (χ1) is 24.1. The minimum absolute atomic E-state index is 0.147. The van der Waals surface area contributed by atoms with E-state index in [2.05, 4.69) is 153 Å². The Morgan fingerprint density at radius 1 is 0.714 bits per heavy atom. The molecular weight excluding hydrogens is 628 g/mol. The van der Waals surface area contributed by atoms with Crippen LogP contribution in [0, 0.1) is 0 Å². The van der Waals surface area contributed by atoms with E-state index in [1.54, 1.807) is 6.33 Å². The first-order valence-corrected chi connectivity index (χ1v) is 17.0. The number of aromatic nitrogens is 6. The molecule has 8 heteroatoms. The van der Waals surface area contributed by atoms with E-state index < -0.39 is 5.54 Å². The first-order valence-electron chi connectivity index (χ1n) is 16.6. The van der Waals surface area contributed by atoms with Crippen molar-refractivity contribution < 1.29 is 5.11 Å². The predicted octanol–water partition coefficient (Wildman–Crippen LogP) is 8.58. The molecule has 0 amide bonds. The Morgan fingerprint density at radius 3 is 1.96 bits per heavy atom. The topological polar surface area (TPSA) is 81.7 Å². The van der Waals surface area contributed by atoms with Crippen molar-refractivity contribution in [3.05, 3.63) is 179 Å². The third-order valence-electron chi connectivity index (χ3n) is 9.21. The van der Waals surface area contributed by atoms with Crippen LogP contribution >= 0.6 is 11.6 Å². The van der Waals surface area contributed by atoms with Gasteiger partial charge in [0.1, 0.15) is 17.7 Å². The lowest BCUT2D eigenvalue weighted by Gasteiger charge is -2.35. The van der Waals surface area contributed by atoms with Crippen LogP contribution in [0.5, 0.6) is 0 Å². The van der Waals surface area contributed by atoms with Crippen LogP contribution in [0.4, 0.5) is 0 Å². The summed E-state index contributed by atoms with van der Waals surface area (Å²) in [4.78, 5) is 4.56. The maximum atomic E-state index is 10.0. The molecule has 0 aliphatic rings. The lowest BCUT2D eigenvalue weighted by Crippen LogP contribution is -2.38. The summed E-state index contributed by atoms with van der Waals surface area (Å²) < 4.78 is 3.91. The molecule has 0 aliphatic heterocycles. The smallest absolute Gasteiger partial charge is 0.152 e. The van der Waals surface area contributed by atoms with Gasteiger partial charge in [-0.1, -0.05) is 152 Å². The summed E-state index contributed by atoms with van der Waals surface area (Å²) in [6.45, 7) is 2.61. The van der Waals surface area contributed by atoms with E-state index >= 15 is 0 Å². The van der Waals surface area contributed by atoms with Gasteiger partial charge in [-0.05, 0) is 67.4 Å². The molecule has 0 radical (unpaired) electrons. The van der Waals surface area contributed by atoms with Crippen molar-refractivity contribution in [2.75, 3.05) is 0 Å². The van der Waals surface area contributed by atoms with Gasteiger partial charge in [-0.15, -0.1) is 5.10 Å². The fraction of sp³-hybridized carbons (Fsp3) is 0.171. The Hall–Kier alpha value is -5.37. The van der Waals surface area contributed by atoms with Crippen molar-refractivity contribution in [3.8, 4) is 22.3 Å². The molecule has 0 aliphatic carbocycles.